The second-order valence-electron chi connectivity index (χ2n) is 3.39. The van der Waals surface area contributed by atoms with E-state index in [1.54, 1.807) is 0 Å². The summed E-state index contributed by atoms with van der Waals surface area (Å²) in [5, 5.41) is 4.84. The first-order chi connectivity index (χ1) is 8.35. The lowest BCUT2D eigenvalue weighted by Crippen LogP contribution is -2.28. The van der Waals surface area contributed by atoms with Gasteiger partial charge in [-0.15, -0.1) is 0 Å². The summed E-state index contributed by atoms with van der Waals surface area (Å²) in [7, 11) is -2.37. The van der Waals surface area contributed by atoms with Crippen LogP contribution in [-0.2, 0) is 14.8 Å². The van der Waals surface area contributed by atoms with E-state index >= 15 is 0 Å². The molecule has 0 unspecified atom stereocenters. The van der Waals surface area contributed by atoms with Gasteiger partial charge < -0.3 is 10.6 Å². The topological polar surface area (TPSA) is 104 Å². The minimum absolute atomic E-state index is 0.0554. The Kier molecular flexibility index (Phi) is 4.27. The van der Waals surface area contributed by atoms with Crippen molar-refractivity contribution in [2.24, 2.45) is 0 Å². The van der Waals surface area contributed by atoms with Crippen molar-refractivity contribution in [1.29, 1.82) is 0 Å². The fraction of sp³-hybridized carbons (Fsp3) is 0.200. The van der Waals surface area contributed by atoms with Gasteiger partial charge in [0, 0.05) is 19.7 Å². The van der Waals surface area contributed by atoms with Crippen molar-refractivity contribution in [3.63, 3.8) is 0 Å². The smallest absolute Gasteiger partial charge is 0.318 e. The van der Waals surface area contributed by atoms with Gasteiger partial charge in [-0.1, -0.05) is 0 Å². The molecule has 0 aliphatic heterocycles. The third-order valence-corrected chi connectivity index (χ3v) is 3.38. The molecule has 0 aliphatic carbocycles. The molecule has 0 saturated heterocycles. The summed E-state index contributed by atoms with van der Waals surface area (Å²) in [6, 6.07) is 5.01. The molecule has 1 aromatic rings. The number of sulfonamides is 1. The highest BCUT2D eigenvalue weighted by Crippen LogP contribution is 2.13. The molecule has 0 bridgehead atoms. The van der Waals surface area contributed by atoms with Crippen LogP contribution in [0.4, 0.5) is 10.5 Å². The zero-order valence-corrected chi connectivity index (χ0v) is 10.7. The van der Waals surface area contributed by atoms with Crippen LogP contribution < -0.4 is 15.4 Å². The number of hydrogen-bond donors (Lipinski definition) is 3. The van der Waals surface area contributed by atoms with E-state index in [4.69, 9.17) is 0 Å². The highest BCUT2D eigenvalue weighted by atomic mass is 32.2. The lowest BCUT2D eigenvalue weighted by Gasteiger charge is -2.07. The van der Waals surface area contributed by atoms with Gasteiger partial charge in [0.15, 0.2) is 0 Å². The fourth-order valence-electron chi connectivity index (χ4n) is 1.16. The maximum atomic E-state index is 11.6. The molecule has 0 radical (unpaired) electrons. The van der Waals surface area contributed by atoms with Crippen LogP contribution in [-0.4, -0.2) is 27.4 Å². The Balaban J connectivity index is 2.89. The van der Waals surface area contributed by atoms with Crippen molar-refractivity contribution < 1.29 is 18.0 Å². The van der Waals surface area contributed by atoms with E-state index in [1.165, 1.54) is 31.3 Å². The SMILES string of the molecule is CNC(=O)Nc1ccc(S(=O)(=O)NC(C)=O)cc1. The average Bonchev–Trinajstić information content (AvgIpc) is 2.28. The molecule has 1 aromatic carbocycles. The first-order valence-electron chi connectivity index (χ1n) is 4.97. The van der Waals surface area contributed by atoms with E-state index in [1.807, 2.05) is 4.72 Å². The Morgan fingerprint density at radius 2 is 1.67 bits per heavy atom. The third kappa shape index (κ3) is 3.74. The molecule has 0 aromatic heterocycles. The minimum atomic E-state index is -3.84. The van der Waals surface area contributed by atoms with Crippen molar-refractivity contribution >= 4 is 27.6 Å². The monoisotopic (exact) mass is 271 g/mol. The van der Waals surface area contributed by atoms with Crippen LogP contribution in [0.2, 0.25) is 0 Å². The Labute approximate surface area is 105 Å². The molecule has 18 heavy (non-hydrogen) atoms. The quantitative estimate of drug-likeness (QED) is 0.733. The van der Waals surface area contributed by atoms with Gasteiger partial charge in [-0.05, 0) is 24.3 Å². The standard InChI is InChI=1S/C10H13N3O4S/c1-7(14)13-18(16,17)9-5-3-8(4-6-9)12-10(15)11-2/h3-6H,1-2H3,(H,13,14)(H2,11,12,15). The van der Waals surface area contributed by atoms with Crippen LogP contribution in [0.1, 0.15) is 6.92 Å². The van der Waals surface area contributed by atoms with Crippen molar-refractivity contribution in [2.45, 2.75) is 11.8 Å². The van der Waals surface area contributed by atoms with Gasteiger partial charge >= 0.3 is 6.03 Å². The zero-order chi connectivity index (χ0) is 13.8. The van der Waals surface area contributed by atoms with Crippen molar-refractivity contribution in [3.8, 4) is 0 Å². The minimum Gasteiger partial charge on any atom is -0.341 e. The average molecular weight is 271 g/mol. The van der Waals surface area contributed by atoms with Gasteiger partial charge in [0.05, 0.1) is 4.90 Å². The molecule has 1 rings (SSSR count). The normalized spacial score (nSPS) is 10.6. The molecule has 3 N–H and O–H groups in total. The Morgan fingerprint density at radius 3 is 2.11 bits per heavy atom. The Bertz CT molecular complexity index is 551. The summed E-state index contributed by atoms with van der Waals surface area (Å²) in [6.45, 7) is 1.11. The molecule has 0 atom stereocenters. The van der Waals surface area contributed by atoms with E-state index in [-0.39, 0.29) is 4.90 Å². The predicted octanol–water partition coefficient (Wildman–Crippen LogP) is 0.263. The molecule has 0 saturated carbocycles. The number of carbonyl (C=O) groups excluding carboxylic acids is 2. The zero-order valence-electron chi connectivity index (χ0n) is 9.85. The molecule has 3 amide bonds. The molecule has 98 valence electrons. The Morgan fingerprint density at radius 1 is 1.11 bits per heavy atom. The van der Waals surface area contributed by atoms with Crippen molar-refractivity contribution in [3.05, 3.63) is 24.3 Å². The van der Waals surface area contributed by atoms with Crippen molar-refractivity contribution in [2.75, 3.05) is 12.4 Å². The largest absolute Gasteiger partial charge is 0.341 e. The summed E-state index contributed by atoms with van der Waals surface area (Å²) in [4.78, 5) is 21.7. The summed E-state index contributed by atoms with van der Waals surface area (Å²) in [5.74, 6) is -0.664. The molecule has 0 heterocycles. The van der Waals surface area contributed by atoms with E-state index in [0.717, 1.165) is 6.92 Å². The second kappa shape index (κ2) is 5.50. The van der Waals surface area contributed by atoms with Gasteiger partial charge in [-0.25, -0.2) is 17.9 Å². The van der Waals surface area contributed by atoms with E-state index in [0.29, 0.717) is 5.69 Å². The number of amides is 3. The van der Waals surface area contributed by atoms with Crippen LogP contribution in [0.25, 0.3) is 0 Å². The van der Waals surface area contributed by atoms with Crippen LogP contribution in [0.5, 0.6) is 0 Å². The lowest BCUT2D eigenvalue weighted by molar-refractivity contribution is -0.117. The highest BCUT2D eigenvalue weighted by molar-refractivity contribution is 7.90. The van der Waals surface area contributed by atoms with Gasteiger partial charge in [-0.2, -0.15) is 0 Å². The molecule has 8 heteroatoms. The van der Waals surface area contributed by atoms with E-state index < -0.39 is 22.0 Å². The maximum Gasteiger partial charge on any atom is 0.318 e. The van der Waals surface area contributed by atoms with E-state index in [9.17, 15) is 18.0 Å². The summed E-state index contributed by atoms with van der Waals surface area (Å²) >= 11 is 0. The molecule has 0 aliphatic rings. The number of nitrogens with one attached hydrogen (secondary N) is 3. The third-order valence-electron chi connectivity index (χ3n) is 1.93. The first-order valence-corrected chi connectivity index (χ1v) is 6.45. The number of urea groups is 1. The molecular weight excluding hydrogens is 258 g/mol. The Hall–Kier alpha value is -2.09. The molecule has 0 fully saturated rings. The van der Waals surface area contributed by atoms with Gasteiger partial charge in [-0.3, -0.25) is 4.79 Å². The number of rotatable bonds is 3. The predicted molar refractivity (Wildman–Crippen MR) is 65.5 cm³/mol. The van der Waals surface area contributed by atoms with Gasteiger partial charge in [0.25, 0.3) is 10.0 Å². The van der Waals surface area contributed by atoms with Crippen LogP contribution in [0, 0.1) is 0 Å². The number of carbonyl (C=O) groups is 2. The summed E-state index contributed by atoms with van der Waals surface area (Å²) in [5.41, 5.74) is 0.441. The number of anilines is 1. The van der Waals surface area contributed by atoms with Gasteiger partial charge in [0.2, 0.25) is 5.91 Å². The number of benzene rings is 1. The van der Waals surface area contributed by atoms with Crippen LogP contribution >= 0.6 is 0 Å². The van der Waals surface area contributed by atoms with E-state index in [2.05, 4.69) is 10.6 Å². The molecule has 7 nitrogen and oxygen atoms in total. The van der Waals surface area contributed by atoms with Crippen molar-refractivity contribution in [1.82, 2.24) is 10.0 Å². The second-order valence-corrected chi connectivity index (χ2v) is 5.07. The summed E-state index contributed by atoms with van der Waals surface area (Å²) in [6.07, 6.45) is 0. The molecule has 0 spiro atoms. The van der Waals surface area contributed by atoms with Gasteiger partial charge in [0.1, 0.15) is 0 Å². The lowest BCUT2D eigenvalue weighted by atomic mass is 10.3. The summed E-state index contributed by atoms with van der Waals surface area (Å²) < 4.78 is 25.0. The number of hydrogen-bond acceptors (Lipinski definition) is 4. The fourth-order valence-corrected chi connectivity index (χ4v) is 2.15. The maximum absolute atomic E-state index is 11.6. The highest BCUT2D eigenvalue weighted by Gasteiger charge is 2.14. The van der Waals surface area contributed by atoms with Crippen LogP contribution in [0.3, 0.4) is 0 Å². The molecular formula is C10H13N3O4S. The van der Waals surface area contributed by atoms with Crippen LogP contribution in [0.15, 0.2) is 29.2 Å². The first kappa shape index (κ1) is 14.0.